The molecule has 4 heteroatoms. The largest absolute Gasteiger partial charge is 0.350 e. The summed E-state index contributed by atoms with van der Waals surface area (Å²) in [4.78, 5) is 12.7. The Kier molecular flexibility index (Phi) is 5.86. The van der Waals surface area contributed by atoms with E-state index in [9.17, 15) is 4.79 Å². The maximum absolute atomic E-state index is 12.0. The third kappa shape index (κ3) is 4.60. The van der Waals surface area contributed by atoms with Crippen LogP contribution in [-0.2, 0) is 0 Å². The van der Waals surface area contributed by atoms with E-state index in [-0.39, 0.29) is 11.9 Å². The minimum absolute atomic E-state index is 0.130. The minimum Gasteiger partial charge on any atom is -0.350 e. The van der Waals surface area contributed by atoms with Gasteiger partial charge >= 0.3 is 0 Å². The lowest BCUT2D eigenvalue weighted by Gasteiger charge is -2.14. The quantitative estimate of drug-likeness (QED) is 0.781. The van der Waals surface area contributed by atoms with Crippen LogP contribution in [0.15, 0.2) is 23.1 Å². The molecule has 1 unspecified atom stereocenters. The van der Waals surface area contributed by atoms with Crippen LogP contribution in [0, 0.1) is 0 Å². The second-order valence-corrected chi connectivity index (χ2v) is 5.10. The maximum atomic E-state index is 12.0. The summed E-state index contributed by atoms with van der Waals surface area (Å²) < 4.78 is 0. The summed E-state index contributed by atoms with van der Waals surface area (Å²) >= 11 is 10.2. The number of rotatable bonds is 5. The molecule has 1 rings (SSSR count). The maximum Gasteiger partial charge on any atom is 0.253 e. The number of hydrogen-bond acceptors (Lipinski definition) is 2. The predicted octanol–water partition coefficient (Wildman–Crippen LogP) is 3.94. The molecule has 0 heterocycles. The average Bonchev–Trinajstić information content (AvgIpc) is 2.29. The third-order valence-electron chi connectivity index (χ3n) is 2.56. The lowest BCUT2D eigenvalue weighted by atomic mass is 10.1. The van der Waals surface area contributed by atoms with Crippen LogP contribution >= 0.6 is 24.2 Å². The van der Waals surface area contributed by atoms with Crippen LogP contribution in [-0.4, -0.2) is 11.9 Å². The number of thiol groups is 1. The van der Waals surface area contributed by atoms with E-state index < -0.39 is 0 Å². The second-order valence-electron chi connectivity index (χ2n) is 4.18. The number of hydrogen-bond donors (Lipinski definition) is 2. The molecule has 0 fully saturated rings. The number of carbonyl (C=O) groups is 1. The number of halogens is 1. The monoisotopic (exact) mass is 271 g/mol. The Morgan fingerprint density at radius 1 is 1.53 bits per heavy atom. The Morgan fingerprint density at radius 2 is 2.24 bits per heavy atom. The molecule has 1 amide bonds. The molecule has 1 aromatic carbocycles. The molecule has 1 aromatic rings. The first-order valence-electron chi connectivity index (χ1n) is 5.84. The van der Waals surface area contributed by atoms with Crippen molar-refractivity contribution in [3.8, 4) is 0 Å². The molecule has 0 bridgehead atoms. The van der Waals surface area contributed by atoms with Crippen molar-refractivity contribution in [2.45, 2.75) is 44.0 Å². The predicted molar refractivity (Wildman–Crippen MR) is 75.2 cm³/mol. The lowest BCUT2D eigenvalue weighted by Crippen LogP contribution is -2.32. The summed E-state index contributed by atoms with van der Waals surface area (Å²) in [5, 5.41) is 3.40. The van der Waals surface area contributed by atoms with Crippen molar-refractivity contribution in [3.63, 3.8) is 0 Å². The van der Waals surface area contributed by atoms with Gasteiger partial charge in [0, 0.05) is 10.9 Å². The fourth-order valence-corrected chi connectivity index (χ4v) is 1.98. The van der Waals surface area contributed by atoms with Crippen LogP contribution in [0.4, 0.5) is 0 Å². The molecule has 1 atom stereocenters. The zero-order chi connectivity index (χ0) is 12.8. The molecular formula is C13H18ClNOS. The molecule has 0 aliphatic heterocycles. The molecule has 94 valence electrons. The van der Waals surface area contributed by atoms with Crippen molar-refractivity contribution in [2.24, 2.45) is 0 Å². The Bertz CT molecular complexity index is 395. The van der Waals surface area contributed by atoms with Gasteiger partial charge in [-0.05, 0) is 31.5 Å². The van der Waals surface area contributed by atoms with E-state index in [1.807, 2.05) is 6.92 Å². The van der Waals surface area contributed by atoms with Crippen LogP contribution in [0.5, 0.6) is 0 Å². The van der Waals surface area contributed by atoms with Gasteiger partial charge in [-0.15, -0.1) is 12.6 Å². The summed E-state index contributed by atoms with van der Waals surface area (Å²) in [5.74, 6) is -0.130. The molecule has 0 aliphatic rings. The van der Waals surface area contributed by atoms with Gasteiger partial charge in [-0.3, -0.25) is 4.79 Å². The van der Waals surface area contributed by atoms with Crippen molar-refractivity contribution in [3.05, 3.63) is 28.8 Å². The van der Waals surface area contributed by atoms with E-state index in [4.69, 9.17) is 11.6 Å². The summed E-state index contributed by atoms with van der Waals surface area (Å²) in [6, 6.07) is 5.31. The van der Waals surface area contributed by atoms with Crippen molar-refractivity contribution < 1.29 is 4.79 Å². The summed E-state index contributed by atoms with van der Waals surface area (Å²) in [6.07, 6.45) is 3.23. The van der Waals surface area contributed by atoms with Gasteiger partial charge in [0.2, 0.25) is 0 Å². The first-order valence-corrected chi connectivity index (χ1v) is 6.66. The van der Waals surface area contributed by atoms with Crippen molar-refractivity contribution in [2.75, 3.05) is 0 Å². The summed E-state index contributed by atoms with van der Waals surface area (Å²) in [6.45, 7) is 4.14. The van der Waals surface area contributed by atoms with Crippen LogP contribution in [0.25, 0.3) is 0 Å². The van der Waals surface area contributed by atoms with Crippen molar-refractivity contribution in [1.29, 1.82) is 0 Å². The molecule has 1 N–H and O–H groups in total. The van der Waals surface area contributed by atoms with Crippen molar-refractivity contribution >= 4 is 30.1 Å². The Hall–Kier alpha value is -0.670. The normalized spacial score (nSPS) is 12.2. The fraction of sp³-hybridized carbons (Fsp3) is 0.462. The standard InChI is InChI=1S/C13H18ClNOS/c1-3-4-5-9(2)15-13(16)11-8-10(17)6-7-12(11)14/h6-9,17H,3-5H2,1-2H3,(H,15,16). The Balaban J connectivity index is 2.66. The molecule has 0 aromatic heterocycles. The Labute approximate surface area is 113 Å². The topological polar surface area (TPSA) is 29.1 Å². The zero-order valence-corrected chi connectivity index (χ0v) is 11.8. The van der Waals surface area contributed by atoms with Gasteiger partial charge in [0.1, 0.15) is 0 Å². The minimum atomic E-state index is -0.130. The van der Waals surface area contributed by atoms with Gasteiger partial charge in [-0.25, -0.2) is 0 Å². The SMILES string of the molecule is CCCCC(C)NC(=O)c1cc(S)ccc1Cl. The van der Waals surface area contributed by atoms with Crippen molar-refractivity contribution in [1.82, 2.24) is 5.32 Å². The highest BCUT2D eigenvalue weighted by Crippen LogP contribution is 2.19. The van der Waals surface area contributed by atoms with E-state index in [1.54, 1.807) is 18.2 Å². The molecular weight excluding hydrogens is 254 g/mol. The van der Waals surface area contributed by atoms with Crippen LogP contribution in [0.2, 0.25) is 5.02 Å². The molecule has 0 radical (unpaired) electrons. The van der Waals surface area contributed by atoms with E-state index in [1.165, 1.54) is 0 Å². The highest BCUT2D eigenvalue weighted by atomic mass is 35.5. The summed E-state index contributed by atoms with van der Waals surface area (Å²) in [7, 11) is 0. The van der Waals surface area contributed by atoms with Crippen LogP contribution < -0.4 is 5.32 Å². The number of carbonyl (C=O) groups excluding carboxylic acids is 1. The molecule has 0 saturated heterocycles. The molecule has 0 spiro atoms. The zero-order valence-electron chi connectivity index (χ0n) is 10.2. The molecule has 17 heavy (non-hydrogen) atoms. The number of nitrogens with one attached hydrogen (secondary N) is 1. The third-order valence-corrected chi connectivity index (χ3v) is 3.17. The first kappa shape index (κ1) is 14.4. The lowest BCUT2D eigenvalue weighted by molar-refractivity contribution is 0.0938. The van der Waals surface area contributed by atoms with Crippen LogP contribution in [0.3, 0.4) is 0 Å². The first-order chi connectivity index (χ1) is 8.04. The van der Waals surface area contributed by atoms with E-state index in [2.05, 4.69) is 24.9 Å². The number of amides is 1. The van der Waals surface area contributed by atoms with Gasteiger partial charge in [0.05, 0.1) is 10.6 Å². The molecule has 0 saturated carbocycles. The van der Waals surface area contributed by atoms with E-state index >= 15 is 0 Å². The van der Waals surface area contributed by atoms with E-state index in [0.717, 1.165) is 24.2 Å². The molecule has 2 nitrogen and oxygen atoms in total. The number of unbranched alkanes of at least 4 members (excludes halogenated alkanes) is 1. The van der Waals surface area contributed by atoms with Crippen LogP contribution in [0.1, 0.15) is 43.5 Å². The average molecular weight is 272 g/mol. The van der Waals surface area contributed by atoms with Gasteiger partial charge in [-0.1, -0.05) is 31.4 Å². The van der Waals surface area contributed by atoms with E-state index in [0.29, 0.717) is 10.6 Å². The summed E-state index contributed by atoms with van der Waals surface area (Å²) in [5.41, 5.74) is 0.488. The highest BCUT2D eigenvalue weighted by Gasteiger charge is 2.12. The Morgan fingerprint density at radius 3 is 2.88 bits per heavy atom. The highest BCUT2D eigenvalue weighted by molar-refractivity contribution is 7.80. The van der Waals surface area contributed by atoms with Gasteiger partial charge < -0.3 is 5.32 Å². The fourth-order valence-electron chi connectivity index (χ4n) is 1.57. The van der Waals surface area contributed by atoms with Gasteiger partial charge in [0.25, 0.3) is 5.91 Å². The number of benzene rings is 1. The van der Waals surface area contributed by atoms with Gasteiger partial charge in [-0.2, -0.15) is 0 Å². The smallest absolute Gasteiger partial charge is 0.253 e. The second kappa shape index (κ2) is 6.92. The van der Waals surface area contributed by atoms with Gasteiger partial charge in [0.15, 0.2) is 0 Å². The molecule has 0 aliphatic carbocycles.